The number of pyridine rings is 1. The average Bonchev–Trinajstić information content (AvgIpc) is 2.46. The number of carboxylic acids is 1. The number of hydrogen-bond acceptors (Lipinski definition) is 6. The molecule has 122 valence electrons. The SMILES string of the molecule is CS(=O)(=O)c1ccc(S(=O)(=O)N2CCCC(C(=O)O)C2)cn1. The van der Waals surface area contributed by atoms with E-state index in [4.69, 9.17) is 5.11 Å². The molecule has 1 aromatic heterocycles. The Morgan fingerprint density at radius 3 is 2.50 bits per heavy atom. The van der Waals surface area contributed by atoms with Crippen LogP contribution in [0.1, 0.15) is 12.8 Å². The molecule has 0 bridgehead atoms. The molecule has 8 nitrogen and oxygen atoms in total. The Balaban J connectivity index is 2.28. The third-order valence-corrected chi connectivity index (χ3v) is 6.31. The van der Waals surface area contributed by atoms with Crippen LogP contribution in [0.5, 0.6) is 0 Å². The van der Waals surface area contributed by atoms with Crippen molar-refractivity contribution in [2.45, 2.75) is 22.8 Å². The zero-order valence-corrected chi connectivity index (χ0v) is 13.5. The van der Waals surface area contributed by atoms with Crippen molar-refractivity contribution in [2.24, 2.45) is 5.92 Å². The lowest BCUT2D eigenvalue weighted by molar-refractivity contribution is -0.142. The van der Waals surface area contributed by atoms with Crippen LogP contribution in [0.4, 0.5) is 0 Å². The number of piperidine rings is 1. The first-order valence-electron chi connectivity index (χ1n) is 6.51. The summed E-state index contributed by atoms with van der Waals surface area (Å²) < 4.78 is 48.7. The lowest BCUT2D eigenvalue weighted by Crippen LogP contribution is -2.42. The molecule has 10 heteroatoms. The summed E-state index contributed by atoms with van der Waals surface area (Å²) in [5, 5.41) is 8.80. The highest BCUT2D eigenvalue weighted by Crippen LogP contribution is 2.24. The normalized spacial score (nSPS) is 20.7. The molecule has 1 fully saturated rings. The molecule has 0 saturated carbocycles. The molecule has 2 rings (SSSR count). The predicted octanol–water partition coefficient (Wildman–Crippen LogP) is -0.0296. The lowest BCUT2D eigenvalue weighted by Gasteiger charge is -2.29. The van der Waals surface area contributed by atoms with E-state index in [0.717, 1.165) is 22.8 Å². The third-order valence-electron chi connectivity index (χ3n) is 3.46. The number of nitrogens with zero attached hydrogens (tertiary/aromatic N) is 2. The van der Waals surface area contributed by atoms with E-state index in [2.05, 4.69) is 4.98 Å². The predicted molar refractivity (Wildman–Crippen MR) is 76.5 cm³/mol. The lowest BCUT2D eigenvalue weighted by atomic mass is 10.0. The van der Waals surface area contributed by atoms with Crippen molar-refractivity contribution in [3.63, 3.8) is 0 Å². The minimum atomic E-state index is -3.88. The molecule has 0 aromatic carbocycles. The van der Waals surface area contributed by atoms with Crippen LogP contribution in [0, 0.1) is 5.92 Å². The molecule has 1 atom stereocenters. The van der Waals surface area contributed by atoms with Gasteiger partial charge in [-0.1, -0.05) is 0 Å². The molecule has 1 N–H and O–H groups in total. The van der Waals surface area contributed by atoms with Gasteiger partial charge in [-0.15, -0.1) is 0 Å². The molecule has 1 saturated heterocycles. The second-order valence-electron chi connectivity index (χ2n) is 5.14. The van der Waals surface area contributed by atoms with Crippen molar-refractivity contribution in [2.75, 3.05) is 19.3 Å². The minimum absolute atomic E-state index is 0.0918. The number of carboxylic acid groups (broad SMARTS) is 1. The highest BCUT2D eigenvalue weighted by Gasteiger charge is 2.33. The molecule has 22 heavy (non-hydrogen) atoms. The summed E-state index contributed by atoms with van der Waals surface area (Å²) in [5.74, 6) is -1.75. The molecular formula is C12H16N2O6S2. The maximum atomic E-state index is 12.5. The maximum Gasteiger partial charge on any atom is 0.307 e. The first-order chi connectivity index (χ1) is 10.1. The van der Waals surface area contributed by atoms with Crippen molar-refractivity contribution in [1.82, 2.24) is 9.29 Å². The van der Waals surface area contributed by atoms with Gasteiger partial charge in [0.25, 0.3) is 0 Å². The van der Waals surface area contributed by atoms with Crippen LogP contribution >= 0.6 is 0 Å². The summed E-state index contributed by atoms with van der Waals surface area (Å²) in [5.41, 5.74) is 0. The van der Waals surface area contributed by atoms with Gasteiger partial charge < -0.3 is 5.11 Å². The van der Waals surface area contributed by atoms with Gasteiger partial charge in [-0.3, -0.25) is 4.79 Å². The number of sulfonamides is 1. The molecule has 0 radical (unpaired) electrons. The first-order valence-corrected chi connectivity index (χ1v) is 9.84. The van der Waals surface area contributed by atoms with Crippen LogP contribution in [0.2, 0.25) is 0 Å². The van der Waals surface area contributed by atoms with Gasteiger partial charge in [-0.2, -0.15) is 4.31 Å². The molecule has 1 aliphatic heterocycles. The summed E-state index contributed by atoms with van der Waals surface area (Å²) >= 11 is 0. The molecule has 1 aromatic rings. The smallest absolute Gasteiger partial charge is 0.307 e. The molecule has 2 heterocycles. The Kier molecular flexibility index (Phi) is 4.54. The Hall–Kier alpha value is -1.52. The van der Waals surface area contributed by atoms with E-state index in [9.17, 15) is 21.6 Å². The largest absolute Gasteiger partial charge is 0.481 e. The molecular weight excluding hydrogens is 332 g/mol. The minimum Gasteiger partial charge on any atom is -0.481 e. The summed E-state index contributed by atoms with van der Waals surface area (Å²) in [6, 6.07) is 2.30. The second-order valence-corrected chi connectivity index (χ2v) is 9.05. The average molecular weight is 348 g/mol. The Bertz CT molecular complexity index is 770. The van der Waals surface area contributed by atoms with E-state index in [1.54, 1.807) is 0 Å². The van der Waals surface area contributed by atoms with Crippen LogP contribution in [-0.4, -0.2) is 56.5 Å². The van der Waals surface area contributed by atoms with Crippen molar-refractivity contribution < 1.29 is 26.7 Å². The van der Waals surface area contributed by atoms with E-state index >= 15 is 0 Å². The maximum absolute atomic E-state index is 12.5. The highest BCUT2D eigenvalue weighted by molar-refractivity contribution is 7.90. The van der Waals surface area contributed by atoms with Crippen molar-refractivity contribution in [1.29, 1.82) is 0 Å². The molecule has 0 aliphatic carbocycles. The van der Waals surface area contributed by atoms with E-state index in [1.165, 1.54) is 6.07 Å². The molecule has 1 aliphatic rings. The monoisotopic (exact) mass is 348 g/mol. The Morgan fingerprint density at radius 2 is 2.00 bits per heavy atom. The summed E-state index contributed by atoms with van der Waals surface area (Å²) in [6.45, 7) is 0.144. The Labute approximate surface area is 128 Å². The molecule has 1 unspecified atom stereocenters. The van der Waals surface area contributed by atoms with E-state index < -0.39 is 31.7 Å². The Morgan fingerprint density at radius 1 is 1.32 bits per heavy atom. The number of hydrogen-bond donors (Lipinski definition) is 1. The van der Waals surface area contributed by atoms with Crippen molar-refractivity contribution >= 4 is 25.8 Å². The number of sulfone groups is 1. The van der Waals surface area contributed by atoms with Gasteiger partial charge in [-0.05, 0) is 25.0 Å². The third kappa shape index (κ3) is 3.45. The van der Waals surface area contributed by atoms with Gasteiger partial charge in [0.05, 0.1) is 5.92 Å². The summed E-state index contributed by atoms with van der Waals surface area (Å²) in [7, 11) is -7.39. The fourth-order valence-electron chi connectivity index (χ4n) is 2.25. The number of carbonyl (C=O) groups is 1. The van der Waals surface area contributed by atoms with Gasteiger partial charge in [0, 0.05) is 25.5 Å². The van der Waals surface area contributed by atoms with Crippen LogP contribution in [0.25, 0.3) is 0 Å². The standard InChI is InChI=1S/C12H16N2O6S2/c1-21(17,18)11-5-4-10(7-13-11)22(19,20)14-6-2-3-9(8-14)12(15)16/h4-5,7,9H,2-3,6,8H2,1H3,(H,15,16). The van der Waals surface area contributed by atoms with E-state index in [1.807, 2.05) is 0 Å². The number of rotatable bonds is 4. The molecule has 0 amide bonds. The van der Waals surface area contributed by atoms with Crippen LogP contribution in [0.3, 0.4) is 0 Å². The van der Waals surface area contributed by atoms with Crippen LogP contribution < -0.4 is 0 Å². The summed E-state index contributed by atoms with van der Waals surface area (Å²) in [4.78, 5) is 14.5. The van der Waals surface area contributed by atoms with Gasteiger partial charge >= 0.3 is 5.97 Å². The van der Waals surface area contributed by atoms with Gasteiger partial charge in [-0.25, -0.2) is 21.8 Å². The van der Waals surface area contributed by atoms with E-state index in [-0.39, 0.29) is 23.0 Å². The fraction of sp³-hybridized carbons (Fsp3) is 0.500. The quantitative estimate of drug-likeness (QED) is 0.811. The van der Waals surface area contributed by atoms with E-state index in [0.29, 0.717) is 12.8 Å². The van der Waals surface area contributed by atoms with Crippen LogP contribution in [-0.2, 0) is 24.7 Å². The van der Waals surface area contributed by atoms with Crippen molar-refractivity contribution in [3.8, 4) is 0 Å². The number of aromatic nitrogens is 1. The zero-order chi connectivity index (χ0) is 16.5. The van der Waals surface area contributed by atoms with Gasteiger partial charge in [0.15, 0.2) is 14.9 Å². The topological polar surface area (TPSA) is 122 Å². The highest BCUT2D eigenvalue weighted by atomic mass is 32.2. The fourth-order valence-corrected chi connectivity index (χ4v) is 4.28. The van der Waals surface area contributed by atoms with Gasteiger partial charge in [0.1, 0.15) is 4.90 Å². The zero-order valence-electron chi connectivity index (χ0n) is 11.8. The first kappa shape index (κ1) is 16.8. The summed E-state index contributed by atoms with van der Waals surface area (Å²) in [6.07, 6.45) is 2.86. The van der Waals surface area contributed by atoms with Crippen molar-refractivity contribution in [3.05, 3.63) is 18.3 Å². The number of aliphatic carboxylic acids is 1. The van der Waals surface area contributed by atoms with Crippen LogP contribution in [0.15, 0.2) is 28.3 Å². The van der Waals surface area contributed by atoms with Gasteiger partial charge in [0.2, 0.25) is 10.0 Å². The molecule has 0 spiro atoms. The second kappa shape index (κ2) is 5.94.